The van der Waals surface area contributed by atoms with Gasteiger partial charge in [0.05, 0.1) is 12.8 Å². The number of hydrogen-bond donors (Lipinski definition) is 0. The van der Waals surface area contributed by atoms with Crippen molar-refractivity contribution in [2.45, 2.75) is 12.6 Å². The fourth-order valence-electron chi connectivity index (χ4n) is 3.44. The Hall–Kier alpha value is -2.44. The molecule has 127 valence electrons. The lowest BCUT2D eigenvalue weighted by molar-refractivity contribution is -0.139. The Balaban J connectivity index is 2.38. The van der Waals surface area contributed by atoms with E-state index in [1.807, 2.05) is 61.5 Å². The van der Waals surface area contributed by atoms with E-state index in [1.165, 1.54) is 23.0 Å². The minimum Gasteiger partial charge on any atom is -0.469 e. The molecule has 0 aromatic heterocycles. The Morgan fingerprint density at radius 1 is 0.720 bits per heavy atom. The zero-order chi connectivity index (χ0) is 17.7. The molecular weight excluding hydrogens is 327 g/mol. The molecule has 0 aliphatic heterocycles. The van der Waals surface area contributed by atoms with Gasteiger partial charge in [-0.2, -0.15) is 0 Å². The van der Waals surface area contributed by atoms with E-state index in [9.17, 15) is 4.79 Å². The first-order valence-electron chi connectivity index (χ1n) is 8.34. The summed E-state index contributed by atoms with van der Waals surface area (Å²) in [5, 5.41) is 3.56. The Morgan fingerprint density at radius 2 is 1.04 bits per heavy atom. The second-order valence-corrected chi connectivity index (χ2v) is 9.70. The molecule has 0 bridgehead atoms. The van der Waals surface area contributed by atoms with E-state index in [0.717, 1.165) is 0 Å². The SMILES string of the molecule is COC(=O)C(C)[P](c1ccccc1)(c1ccccc1)c1ccccc1. The van der Waals surface area contributed by atoms with E-state index in [-0.39, 0.29) is 11.6 Å². The molecule has 0 aliphatic carbocycles. The summed E-state index contributed by atoms with van der Waals surface area (Å²) >= 11 is 0. The smallest absolute Gasteiger partial charge is 0.313 e. The quantitative estimate of drug-likeness (QED) is 0.520. The third kappa shape index (κ3) is 3.10. The molecule has 0 N–H and O–H groups in total. The van der Waals surface area contributed by atoms with E-state index in [0.29, 0.717) is 0 Å². The molecule has 0 saturated carbocycles. The maximum absolute atomic E-state index is 12.7. The summed E-state index contributed by atoms with van der Waals surface area (Å²) in [7, 11) is -0.725. The number of methoxy groups -OCH3 is 1. The maximum atomic E-state index is 12.7. The predicted molar refractivity (Wildman–Crippen MR) is 107 cm³/mol. The Bertz CT molecular complexity index is 720. The van der Waals surface area contributed by atoms with Gasteiger partial charge in [-0.1, -0.05) is 91.0 Å². The largest absolute Gasteiger partial charge is 0.469 e. The molecule has 1 radical (unpaired) electrons. The number of ether oxygens (including phenoxy) is 1. The van der Waals surface area contributed by atoms with E-state index in [2.05, 4.69) is 36.4 Å². The molecule has 3 rings (SSSR count). The monoisotopic (exact) mass is 349 g/mol. The van der Waals surface area contributed by atoms with Gasteiger partial charge in [-0.05, 0) is 30.1 Å². The van der Waals surface area contributed by atoms with Crippen LogP contribution < -0.4 is 15.9 Å². The number of esters is 1. The number of hydrogen-bond acceptors (Lipinski definition) is 2. The molecular formula is C22H22O2P. The molecule has 3 heteroatoms. The molecule has 1 atom stereocenters. The van der Waals surface area contributed by atoms with Crippen LogP contribution >= 0.6 is 7.26 Å². The van der Waals surface area contributed by atoms with Gasteiger partial charge in [-0.3, -0.25) is 4.79 Å². The lowest BCUT2D eigenvalue weighted by atomic mass is 10.3. The average molecular weight is 349 g/mol. The second-order valence-electron chi connectivity index (χ2n) is 5.93. The van der Waals surface area contributed by atoms with Crippen molar-refractivity contribution in [3.8, 4) is 0 Å². The van der Waals surface area contributed by atoms with Crippen LogP contribution in [0, 0.1) is 0 Å². The van der Waals surface area contributed by atoms with E-state index in [4.69, 9.17) is 4.74 Å². The van der Waals surface area contributed by atoms with Crippen LogP contribution in [0.1, 0.15) is 6.92 Å². The van der Waals surface area contributed by atoms with Crippen molar-refractivity contribution in [3.05, 3.63) is 91.0 Å². The molecule has 0 aliphatic rings. The van der Waals surface area contributed by atoms with Crippen LogP contribution in [0.2, 0.25) is 0 Å². The Morgan fingerprint density at radius 3 is 1.32 bits per heavy atom. The first-order valence-corrected chi connectivity index (χ1v) is 10.2. The number of benzene rings is 3. The van der Waals surface area contributed by atoms with Crippen molar-refractivity contribution in [1.29, 1.82) is 0 Å². The molecule has 3 aromatic rings. The molecule has 1 unspecified atom stereocenters. The summed E-state index contributed by atoms with van der Waals surface area (Å²) in [6, 6.07) is 31.1. The summed E-state index contributed by atoms with van der Waals surface area (Å²) in [4.78, 5) is 12.7. The highest BCUT2D eigenvalue weighted by molar-refractivity contribution is 7.96. The summed E-state index contributed by atoms with van der Waals surface area (Å²) in [6.45, 7) is 1.99. The van der Waals surface area contributed by atoms with Crippen LogP contribution in [0.25, 0.3) is 0 Å². The van der Waals surface area contributed by atoms with Gasteiger partial charge in [0.2, 0.25) is 0 Å². The molecule has 25 heavy (non-hydrogen) atoms. The summed E-state index contributed by atoms with van der Waals surface area (Å²) in [5.74, 6) is -0.176. The topological polar surface area (TPSA) is 26.3 Å². The molecule has 0 amide bonds. The minimum absolute atomic E-state index is 0.176. The number of carbonyl (C=O) groups is 1. The third-order valence-corrected chi connectivity index (χ3v) is 9.32. The van der Waals surface area contributed by atoms with Crippen molar-refractivity contribution >= 4 is 29.1 Å². The third-order valence-electron chi connectivity index (χ3n) is 4.61. The summed E-state index contributed by atoms with van der Waals surface area (Å²) < 4.78 is 5.17. The second kappa shape index (κ2) is 7.63. The van der Waals surface area contributed by atoms with E-state index < -0.39 is 7.26 Å². The van der Waals surface area contributed by atoms with Gasteiger partial charge in [-0.25, -0.2) is 0 Å². The molecule has 0 saturated heterocycles. The Labute approximate surface area is 149 Å². The van der Waals surface area contributed by atoms with Gasteiger partial charge < -0.3 is 4.74 Å². The fourth-order valence-corrected chi connectivity index (χ4v) is 8.02. The lowest BCUT2D eigenvalue weighted by Gasteiger charge is -2.42. The fraction of sp³-hybridized carbons (Fsp3) is 0.136. The highest BCUT2D eigenvalue weighted by Crippen LogP contribution is 2.59. The average Bonchev–Trinajstić information content (AvgIpc) is 2.70. The lowest BCUT2D eigenvalue weighted by Crippen LogP contribution is -2.41. The highest BCUT2D eigenvalue weighted by atomic mass is 31.2. The molecule has 2 nitrogen and oxygen atoms in total. The summed E-state index contributed by atoms with van der Waals surface area (Å²) in [6.07, 6.45) is 0. The van der Waals surface area contributed by atoms with Crippen LogP contribution in [-0.4, -0.2) is 18.7 Å². The van der Waals surface area contributed by atoms with Gasteiger partial charge in [0.15, 0.2) is 0 Å². The van der Waals surface area contributed by atoms with Crippen LogP contribution in [0.5, 0.6) is 0 Å². The van der Waals surface area contributed by atoms with Crippen LogP contribution in [0.4, 0.5) is 0 Å². The number of carbonyl (C=O) groups excluding carboxylic acids is 1. The zero-order valence-corrected chi connectivity index (χ0v) is 15.4. The normalized spacial score (nSPS) is 12.4. The van der Waals surface area contributed by atoms with E-state index in [1.54, 1.807) is 0 Å². The maximum Gasteiger partial charge on any atom is 0.313 e. The van der Waals surface area contributed by atoms with Crippen molar-refractivity contribution in [2.24, 2.45) is 0 Å². The van der Waals surface area contributed by atoms with Crippen LogP contribution in [-0.2, 0) is 9.53 Å². The molecule has 0 fully saturated rings. The molecule has 0 spiro atoms. The molecule has 0 heterocycles. The first kappa shape index (κ1) is 17.4. The zero-order valence-electron chi connectivity index (χ0n) is 14.5. The highest BCUT2D eigenvalue weighted by Gasteiger charge is 2.43. The van der Waals surface area contributed by atoms with Crippen molar-refractivity contribution in [2.75, 3.05) is 7.11 Å². The van der Waals surface area contributed by atoms with Crippen LogP contribution in [0.15, 0.2) is 91.0 Å². The van der Waals surface area contributed by atoms with Gasteiger partial charge in [0.25, 0.3) is 0 Å². The Kier molecular flexibility index (Phi) is 5.31. The van der Waals surface area contributed by atoms with Gasteiger partial charge >= 0.3 is 5.97 Å². The van der Waals surface area contributed by atoms with Gasteiger partial charge in [-0.15, -0.1) is 0 Å². The number of rotatable bonds is 5. The van der Waals surface area contributed by atoms with Crippen LogP contribution in [0.3, 0.4) is 0 Å². The first-order chi connectivity index (χ1) is 12.2. The van der Waals surface area contributed by atoms with Crippen molar-refractivity contribution in [1.82, 2.24) is 0 Å². The standard InChI is InChI=1S/C22H22O2P/c1-18(22(23)24-2)25(19-12-6-3-7-13-19,20-14-8-4-9-15-20)21-16-10-5-11-17-21/h3-18H,1-2H3. The summed E-state index contributed by atoms with van der Waals surface area (Å²) in [5.41, 5.74) is -0.273. The molecule has 3 aromatic carbocycles. The predicted octanol–water partition coefficient (Wildman–Crippen LogP) is 3.54. The van der Waals surface area contributed by atoms with Gasteiger partial charge in [0, 0.05) is 0 Å². The van der Waals surface area contributed by atoms with Crippen molar-refractivity contribution in [3.63, 3.8) is 0 Å². The van der Waals surface area contributed by atoms with Gasteiger partial charge in [0.1, 0.15) is 0 Å². The minimum atomic E-state index is -2.19. The van der Waals surface area contributed by atoms with E-state index >= 15 is 0 Å². The van der Waals surface area contributed by atoms with Crippen molar-refractivity contribution < 1.29 is 9.53 Å².